The molecule has 0 fully saturated rings. The molecule has 0 aliphatic rings. The summed E-state index contributed by atoms with van der Waals surface area (Å²) in [4.78, 5) is 10.9. The van der Waals surface area contributed by atoms with Crippen molar-refractivity contribution in [2.45, 2.75) is 32.2 Å². The van der Waals surface area contributed by atoms with Crippen LogP contribution in [0.5, 0.6) is 0 Å². The molecule has 0 aromatic rings. The van der Waals surface area contributed by atoms with Gasteiger partial charge >= 0.3 is 5.97 Å². The molecule has 0 rings (SSSR count). The molecule has 0 spiro atoms. The van der Waals surface area contributed by atoms with E-state index in [1.54, 1.807) is 6.92 Å². The lowest BCUT2D eigenvalue weighted by Crippen LogP contribution is -2.45. The molecule has 11 heavy (non-hydrogen) atoms. The van der Waals surface area contributed by atoms with E-state index in [4.69, 9.17) is 5.73 Å². The summed E-state index contributed by atoms with van der Waals surface area (Å²) < 4.78 is 4.50. The number of hydrogen-bond donors (Lipinski definition) is 1. The molecule has 2 N–H and O–H groups in total. The molecule has 0 unspecified atom stereocenters. The molecule has 4 heteroatoms. The van der Waals surface area contributed by atoms with Crippen molar-refractivity contribution < 1.29 is 9.53 Å². The van der Waals surface area contributed by atoms with Crippen molar-refractivity contribution in [2.75, 3.05) is 7.11 Å². The van der Waals surface area contributed by atoms with Crippen LogP contribution in [0, 0.1) is 0 Å². The van der Waals surface area contributed by atoms with E-state index in [0.717, 1.165) is 6.42 Å². The minimum absolute atomic E-state index is 0. The van der Waals surface area contributed by atoms with Gasteiger partial charge in [-0.05, 0) is 13.3 Å². The molecule has 3 nitrogen and oxygen atoms in total. The average Bonchev–Trinajstić information content (AvgIpc) is 1.86. The van der Waals surface area contributed by atoms with Crippen LogP contribution in [0.15, 0.2) is 0 Å². The minimum Gasteiger partial charge on any atom is -0.468 e. The maximum atomic E-state index is 10.9. The van der Waals surface area contributed by atoms with E-state index < -0.39 is 5.54 Å². The molecule has 0 radical (unpaired) electrons. The van der Waals surface area contributed by atoms with Crippen LogP contribution in [0.25, 0.3) is 0 Å². The number of rotatable bonds is 3. The topological polar surface area (TPSA) is 52.3 Å². The van der Waals surface area contributed by atoms with Gasteiger partial charge in [-0.15, -0.1) is 12.4 Å². The van der Waals surface area contributed by atoms with Gasteiger partial charge in [0.2, 0.25) is 0 Å². The van der Waals surface area contributed by atoms with E-state index in [9.17, 15) is 4.79 Å². The number of hydrogen-bond acceptors (Lipinski definition) is 3. The minimum atomic E-state index is -0.802. The molecule has 1 atom stereocenters. The van der Waals surface area contributed by atoms with Crippen LogP contribution >= 0.6 is 12.4 Å². The lowest BCUT2D eigenvalue weighted by atomic mass is 9.98. The Morgan fingerprint density at radius 1 is 1.64 bits per heavy atom. The zero-order chi connectivity index (χ0) is 8.20. The van der Waals surface area contributed by atoms with Crippen LogP contribution in [0.4, 0.5) is 0 Å². The number of ether oxygens (including phenoxy) is 1. The second-order valence-corrected chi connectivity index (χ2v) is 2.66. The van der Waals surface area contributed by atoms with E-state index in [1.807, 2.05) is 6.92 Å². The fraction of sp³-hybridized carbons (Fsp3) is 0.857. The van der Waals surface area contributed by atoms with Gasteiger partial charge in [-0.1, -0.05) is 13.3 Å². The standard InChI is InChI=1S/C7H15NO2.ClH/c1-4-5-7(2,8)6(9)10-3;/h4-5,8H2,1-3H3;1H/t7-;/m1./s1. The molecule has 0 aliphatic carbocycles. The predicted octanol–water partition coefficient (Wildman–Crippen LogP) is 1.10. The molecule has 0 aromatic carbocycles. The van der Waals surface area contributed by atoms with Crippen LogP contribution in [0.1, 0.15) is 26.7 Å². The first-order valence-electron chi connectivity index (χ1n) is 3.42. The third-order valence-corrected chi connectivity index (χ3v) is 1.42. The fourth-order valence-electron chi connectivity index (χ4n) is 0.855. The third-order valence-electron chi connectivity index (χ3n) is 1.42. The van der Waals surface area contributed by atoms with E-state index in [-0.39, 0.29) is 18.4 Å². The summed E-state index contributed by atoms with van der Waals surface area (Å²) in [7, 11) is 1.35. The lowest BCUT2D eigenvalue weighted by molar-refractivity contribution is -0.146. The summed E-state index contributed by atoms with van der Waals surface area (Å²) in [6, 6.07) is 0. The maximum Gasteiger partial charge on any atom is 0.325 e. The molecule has 0 saturated heterocycles. The third kappa shape index (κ3) is 4.22. The lowest BCUT2D eigenvalue weighted by Gasteiger charge is -2.19. The van der Waals surface area contributed by atoms with Crippen molar-refractivity contribution in [3.05, 3.63) is 0 Å². The van der Waals surface area contributed by atoms with Crippen molar-refractivity contribution in [2.24, 2.45) is 5.73 Å². The van der Waals surface area contributed by atoms with Crippen molar-refractivity contribution in [3.63, 3.8) is 0 Å². The summed E-state index contributed by atoms with van der Waals surface area (Å²) in [5, 5.41) is 0. The first-order chi connectivity index (χ1) is 4.54. The fourth-order valence-corrected chi connectivity index (χ4v) is 0.855. The summed E-state index contributed by atoms with van der Waals surface area (Å²) in [5.74, 6) is -0.339. The highest BCUT2D eigenvalue weighted by molar-refractivity contribution is 5.85. The average molecular weight is 182 g/mol. The Labute approximate surface area is 73.7 Å². The van der Waals surface area contributed by atoms with Crippen molar-refractivity contribution in [3.8, 4) is 0 Å². The molecule has 68 valence electrons. The Balaban J connectivity index is 0. The molecular weight excluding hydrogens is 166 g/mol. The number of carbonyl (C=O) groups is 1. The van der Waals surface area contributed by atoms with Gasteiger partial charge in [0.1, 0.15) is 5.54 Å². The van der Waals surface area contributed by atoms with Crippen molar-refractivity contribution in [1.82, 2.24) is 0 Å². The van der Waals surface area contributed by atoms with Gasteiger partial charge in [0.15, 0.2) is 0 Å². The van der Waals surface area contributed by atoms with Gasteiger partial charge in [-0.25, -0.2) is 0 Å². The van der Waals surface area contributed by atoms with Gasteiger partial charge in [0.25, 0.3) is 0 Å². The van der Waals surface area contributed by atoms with Gasteiger partial charge in [-0.3, -0.25) is 4.79 Å². The second kappa shape index (κ2) is 5.38. The molecule has 0 amide bonds. The van der Waals surface area contributed by atoms with Crippen LogP contribution in [-0.2, 0) is 9.53 Å². The number of esters is 1. The SMILES string of the molecule is CCC[C@@](C)(N)C(=O)OC.Cl. The highest BCUT2D eigenvalue weighted by Gasteiger charge is 2.27. The normalized spacial score (nSPS) is 14.5. The Morgan fingerprint density at radius 2 is 2.09 bits per heavy atom. The quantitative estimate of drug-likeness (QED) is 0.664. The maximum absolute atomic E-state index is 10.9. The monoisotopic (exact) mass is 181 g/mol. The van der Waals surface area contributed by atoms with Crippen LogP contribution in [0.2, 0.25) is 0 Å². The molecular formula is C7H16ClNO2. The highest BCUT2D eigenvalue weighted by atomic mass is 35.5. The van der Waals surface area contributed by atoms with Crippen molar-refractivity contribution >= 4 is 18.4 Å². The van der Waals surface area contributed by atoms with Crippen LogP contribution < -0.4 is 5.73 Å². The van der Waals surface area contributed by atoms with Crippen LogP contribution in [-0.4, -0.2) is 18.6 Å². The zero-order valence-corrected chi connectivity index (χ0v) is 8.03. The van der Waals surface area contributed by atoms with E-state index >= 15 is 0 Å². The van der Waals surface area contributed by atoms with Crippen molar-refractivity contribution in [1.29, 1.82) is 0 Å². The Bertz CT molecular complexity index is 126. The summed E-state index contributed by atoms with van der Waals surface area (Å²) >= 11 is 0. The van der Waals surface area contributed by atoms with Gasteiger partial charge < -0.3 is 10.5 Å². The number of carbonyl (C=O) groups excluding carboxylic acids is 1. The van der Waals surface area contributed by atoms with Crippen LogP contribution in [0.3, 0.4) is 0 Å². The summed E-state index contributed by atoms with van der Waals surface area (Å²) in [6.45, 7) is 3.66. The Hall–Kier alpha value is -0.280. The van der Waals surface area contributed by atoms with Gasteiger partial charge in [0.05, 0.1) is 7.11 Å². The number of methoxy groups -OCH3 is 1. The summed E-state index contributed by atoms with van der Waals surface area (Å²) in [6.07, 6.45) is 1.56. The number of halogens is 1. The molecule has 0 saturated carbocycles. The summed E-state index contributed by atoms with van der Waals surface area (Å²) in [5.41, 5.74) is 4.80. The molecule has 0 aliphatic heterocycles. The van der Waals surface area contributed by atoms with E-state index in [0.29, 0.717) is 6.42 Å². The molecule has 0 bridgehead atoms. The molecule has 0 heterocycles. The Morgan fingerprint density at radius 3 is 2.36 bits per heavy atom. The largest absolute Gasteiger partial charge is 0.468 e. The Kier molecular flexibility index (Phi) is 6.52. The van der Waals surface area contributed by atoms with E-state index in [2.05, 4.69) is 4.74 Å². The first kappa shape index (κ1) is 13.3. The smallest absolute Gasteiger partial charge is 0.325 e. The van der Waals surface area contributed by atoms with Gasteiger partial charge in [-0.2, -0.15) is 0 Å². The van der Waals surface area contributed by atoms with Gasteiger partial charge in [0, 0.05) is 0 Å². The zero-order valence-electron chi connectivity index (χ0n) is 7.22. The van der Waals surface area contributed by atoms with E-state index in [1.165, 1.54) is 7.11 Å². The second-order valence-electron chi connectivity index (χ2n) is 2.66. The first-order valence-corrected chi connectivity index (χ1v) is 3.42. The highest BCUT2D eigenvalue weighted by Crippen LogP contribution is 2.09. The molecule has 0 aromatic heterocycles. The number of nitrogens with two attached hydrogens (primary N) is 1. The predicted molar refractivity (Wildman–Crippen MR) is 46.8 cm³/mol.